The number of ether oxygens (including phenoxy) is 1. The highest BCUT2D eigenvalue weighted by Gasteiger charge is 2.48. The number of nitrogens with one attached hydrogen (secondary N) is 2. The first-order valence-electron chi connectivity index (χ1n) is 10.5. The molecule has 0 aliphatic carbocycles. The maximum absolute atomic E-state index is 14.3. The van der Waals surface area contributed by atoms with Gasteiger partial charge in [0, 0.05) is 27.9 Å². The Balaban J connectivity index is 1.82. The number of rotatable bonds is 4. The molecule has 0 spiro atoms. The van der Waals surface area contributed by atoms with E-state index in [2.05, 4.69) is 20.2 Å². The third-order valence-corrected chi connectivity index (χ3v) is 6.07. The summed E-state index contributed by atoms with van der Waals surface area (Å²) in [6.07, 6.45) is -1.61. The zero-order valence-corrected chi connectivity index (χ0v) is 18.5. The molecule has 0 aliphatic heterocycles. The van der Waals surface area contributed by atoms with E-state index >= 15 is 0 Å². The fourth-order valence-electron chi connectivity index (χ4n) is 3.95. The first-order valence-corrected chi connectivity index (χ1v) is 10.5. The number of hydrogen-bond donors (Lipinski definition) is 3. The van der Waals surface area contributed by atoms with E-state index < -0.39 is 29.6 Å². The fraction of sp³-hybridized carbons (Fsp3) is 0.208. The molecule has 0 radical (unpaired) electrons. The van der Waals surface area contributed by atoms with Crippen LogP contribution in [0.2, 0.25) is 0 Å². The van der Waals surface area contributed by atoms with E-state index in [1.165, 1.54) is 30.6 Å². The number of H-pyrrole nitrogens is 2. The summed E-state index contributed by atoms with van der Waals surface area (Å²) in [6, 6.07) is 7.48. The highest BCUT2D eigenvalue weighted by atomic mass is 19.4. The van der Waals surface area contributed by atoms with Gasteiger partial charge in [-0.1, -0.05) is 6.07 Å². The molecule has 7 nitrogen and oxygen atoms in total. The van der Waals surface area contributed by atoms with E-state index in [9.17, 15) is 22.4 Å². The molecule has 0 amide bonds. The Bertz CT molecular complexity index is 1670. The van der Waals surface area contributed by atoms with Crippen LogP contribution in [0.4, 0.5) is 23.2 Å². The molecule has 0 fully saturated rings. The summed E-state index contributed by atoms with van der Waals surface area (Å²) in [7, 11) is 0. The van der Waals surface area contributed by atoms with Gasteiger partial charge < -0.3 is 15.5 Å². The molecule has 2 aromatic carbocycles. The molecule has 3 heterocycles. The summed E-state index contributed by atoms with van der Waals surface area (Å²) in [5.41, 5.74) is 4.82. The normalized spacial score (nSPS) is 12.6. The van der Waals surface area contributed by atoms with Crippen molar-refractivity contribution in [3.05, 3.63) is 58.9 Å². The maximum atomic E-state index is 14.3. The molecule has 180 valence electrons. The van der Waals surface area contributed by atoms with Crippen LogP contribution in [-0.4, -0.2) is 32.9 Å². The number of hydrogen-bond acceptors (Lipinski definition) is 5. The summed E-state index contributed by atoms with van der Waals surface area (Å²) in [4.78, 5) is 19.8. The molecule has 0 saturated carbocycles. The minimum atomic E-state index is -4.49. The van der Waals surface area contributed by atoms with Crippen LogP contribution in [0, 0.1) is 11.2 Å². The Morgan fingerprint density at radius 3 is 2.60 bits per heavy atom. The van der Waals surface area contributed by atoms with Gasteiger partial charge >= 0.3 is 6.18 Å². The van der Waals surface area contributed by atoms with Crippen LogP contribution >= 0.6 is 0 Å². The summed E-state index contributed by atoms with van der Waals surface area (Å²) < 4.78 is 60.3. The van der Waals surface area contributed by atoms with Gasteiger partial charge in [-0.3, -0.25) is 14.9 Å². The average Bonchev–Trinajstić information content (AvgIpc) is 3.30. The highest BCUT2D eigenvalue weighted by Crippen LogP contribution is 2.42. The largest absolute Gasteiger partial charge is 0.490 e. The molecule has 0 saturated heterocycles. The van der Waals surface area contributed by atoms with Crippen molar-refractivity contribution < 1.29 is 22.3 Å². The van der Waals surface area contributed by atoms with Gasteiger partial charge in [0.25, 0.3) is 5.56 Å². The molecule has 5 rings (SSSR count). The van der Waals surface area contributed by atoms with Gasteiger partial charge in [0.05, 0.1) is 17.1 Å². The lowest BCUT2D eigenvalue weighted by Gasteiger charge is -2.27. The Hall–Kier alpha value is -4.15. The minimum absolute atomic E-state index is 0.0867. The molecule has 5 aromatic rings. The highest BCUT2D eigenvalue weighted by molar-refractivity contribution is 6.15. The second kappa shape index (κ2) is 7.69. The van der Waals surface area contributed by atoms with Gasteiger partial charge in [-0.2, -0.15) is 18.3 Å². The molecule has 0 atom stereocenters. The molecule has 3 aromatic heterocycles. The predicted octanol–water partition coefficient (Wildman–Crippen LogP) is 5.31. The molecular weight excluding hydrogens is 466 g/mol. The van der Waals surface area contributed by atoms with Crippen LogP contribution in [0.3, 0.4) is 0 Å². The second-order valence-electron chi connectivity index (χ2n) is 8.86. The van der Waals surface area contributed by atoms with E-state index in [4.69, 9.17) is 10.5 Å². The first-order chi connectivity index (χ1) is 16.5. The summed E-state index contributed by atoms with van der Waals surface area (Å²) >= 11 is 0. The molecule has 4 N–H and O–H groups in total. The lowest BCUT2D eigenvalue weighted by Crippen LogP contribution is -2.37. The quantitative estimate of drug-likeness (QED) is 0.236. The van der Waals surface area contributed by atoms with Crippen molar-refractivity contribution in [1.29, 1.82) is 0 Å². The van der Waals surface area contributed by atoms with Crippen molar-refractivity contribution in [3.8, 4) is 16.9 Å². The molecular formula is C24H19F4N5O2. The lowest BCUT2D eigenvalue weighted by molar-refractivity contribution is -0.219. The summed E-state index contributed by atoms with van der Waals surface area (Å²) in [6.45, 7) is 1.42. The van der Waals surface area contributed by atoms with Crippen molar-refractivity contribution in [2.45, 2.75) is 20.0 Å². The SMILES string of the molecule is CC(C)(COc1cc2c(-c3ccc(F)c4[nH]ncc34)c(N)c(=O)[nH]c2c2cccnc12)C(F)(F)F. The Morgan fingerprint density at radius 1 is 1.09 bits per heavy atom. The minimum Gasteiger partial charge on any atom is -0.490 e. The standard InChI is InChI=1S/C24H19F4N5O2/c1-23(2,24(26,27)28)10-35-16-8-13-17(11-5-6-15(25)20-14(11)9-31-33-20)18(29)22(34)32-19(13)12-4-3-7-30-21(12)16/h3-9H,10,29H2,1-2H3,(H,31,33)(H,32,34). The lowest BCUT2D eigenvalue weighted by atomic mass is 9.94. The van der Waals surface area contributed by atoms with Gasteiger partial charge in [-0.05, 0) is 43.7 Å². The van der Waals surface area contributed by atoms with Gasteiger partial charge in [0.1, 0.15) is 34.9 Å². The van der Waals surface area contributed by atoms with E-state index in [1.807, 2.05) is 0 Å². The molecule has 11 heteroatoms. The number of fused-ring (bicyclic) bond motifs is 4. The molecule has 0 unspecified atom stereocenters. The van der Waals surface area contributed by atoms with Crippen molar-refractivity contribution in [3.63, 3.8) is 0 Å². The summed E-state index contributed by atoms with van der Waals surface area (Å²) in [5.74, 6) is -0.453. The number of pyridine rings is 2. The number of nitrogens with zero attached hydrogens (tertiary/aromatic N) is 2. The summed E-state index contributed by atoms with van der Waals surface area (Å²) in [5, 5.41) is 7.71. The third-order valence-electron chi connectivity index (χ3n) is 6.07. The smallest absolute Gasteiger partial charge is 0.397 e. The monoisotopic (exact) mass is 485 g/mol. The Kier molecular flexibility index (Phi) is 4.97. The van der Waals surface area contributed by atoms with Gasteiger partial charge in [-0.25, -0.2) is 4.39 Å². The van der Waals surface area contributed by atoms with E-state index in [0.717, 1.165) is 13.8 Å². The van der Waals surface area contributed by atoms with Crippen molar-refractivity contribution in [1.82, 2.24) is 20.2 Å². The second-order valence-corrected chi connectivity index (χ2v) is 8.86. The third kappa shape index (κ3) is 3.54. The number of aromatic nitrogens is 4. The number of nitrogens with two attached hydrogens (primary N) is 1. The number of aromatic amines is 2. The zero-order chi connectivity index (χ0) is 25.1. The number of nitrogen functional groups attached to an aromatic ring is 1. The topological polar surface area (TPSA) is 110 Å². The number of alkyl halides is 3. The van der Waals surface area contributed by atoms with E-state index in [0.29, 0.717) is 27.2 Å². The Labute approximate surface area is 194 Å². The van der Waals surface area contributed by atoms with E-state index in [-0.39, 0.29) is 28.0 Å². The van der Waals surface area contributed by atoms with Crippen LogP contribution < -0.4 is 16.0 Å². The van der Waals surface area contributed by atoms with Gasteiger partial charge in [0.15, 0.2) is 0 Å². The zero-order valence-electron chi connectivity index (χ0n) is 18.5. The van der Waals surface area contributed by atoms with Gasteiger partial charge in [-0.15, -0.1) is 0 Å². The fourth-order valence-corrected chi connectivity index (χ4v) is 3.95. The predicted molar refractivity (Wildman–Crippen MR) is 125 cm³/mol. The van der Waals surface area contributed by atoms with Crippen LogP contribution in [0.25, 0.3) is 43.8 Å². The van der Waals surface area contributed by atoms with Crippen molar-refractivity contribution >= 4 is 38.4 Å². The maximum Gasteiger partial charge on any atom is 0.397 e. The molecule has 0 bridgehead atoms. The van der Waals surface area contributed by atoms with Crippen LogP contribution in [0.15, 0.2) is 47.5 Å². The first kappa shape index (κ1) is 22.6. The van der Waals surface area contributed by atoms with Gasteiger partial charge in [0.2, 0.25) is 0 Å². The number of anilines is 1. The number of halogens is 4. The molecule has 0 aliphatic rings. The average molecular weight is 485 g/mol. The van der Waals surface area contributed by atoms with Crippen LogP contribution in [0.5, 0.6) is 5.75 Å². The number of benzene rings is 2. The Morgan fingerprint density at radius 2 is 1.86 bits per heavy atom. The molecule has 35 heavy (non-hydrogen) atoms. The van der Waals surface area contributed by atoms with E-state index in [1.54, 1.807) is 12.1 Å². The van der Waals surface area contributed by atoms with Crippen LogP contribution in [-0.2, 0) is 0 Å². The van der Waals surface area contributed by atoms with Crippen molar-refractivity contribution in [2.75, 3.05) is 12.3 Å². The van der Waals surface area contributed by atoms with Crippen molar-refractivity contribution in [2.24, 2.45) is 5.41 Å². The van der Waals surface area contributed by atoms with Crippen LogP contribution in [0.1, 0.15) is 13.8 Å².